The van der Waals surface area contributed by atoms with E-state index in [2.05, 4.69) is 15.3 Å². The Morgan fingerprint density at radius 3 is 2.50 bits per heavy atom. The average molecular weight is 438 g/mol. The summed E-state index contributed by atoms with van der Waals surface area (Å²) in [5, 5.41) is 2.72. The second kappa shape index (κ2) is 8.35. The summed E-state index contributed by atoms with van der Waals surface area (Å²) in [4.78, 5) is 32.8. The molecule has 10 heteroatoms. The highest BCUT2D eigenvalue weighted by atomic mass is 35.5. The molecular formula is C20H18ClF2N3O4. The number of amides is 1. The number of nitrogens with one attached hydrogen (secondary N) is 1. The Morgan fingerprint density at radius 1 is 1.20 bits per heavy atom. The van der Waals surface area contributed by atoms with Gasteiger partial charge in [-0.25, -0.2) is 23.4 Å². The van der Waals surface area contributed by atoms with Gasteiger partial charge in [0, 0.05) is 12.5 Å². The third-order valence-electron chi connectivity index (χ3n) is 3.83. The third-order valence-corrected chi connectivity index (χ3v) is 4.04. The van der Waals surface area contributed by atoms with Gasteiger partial charge >= 0.3 is 11.7 Å². The van der Waals surface area contributed by atoms with Gasteiger partial charge in [-0.1, -0.05) is 11.6 Å². The lowest BCUT2D eigenvalue weighted by atomic mass is 10.1. The molecule has 0 aliphatic rings. The highest BCUT2D eigenvalue weighted by molar-refractivity contribution is 6.29. The molecule has 0 spiro atoms. The van der Waals surface area contributed by atoms with Crippen LogP contribution < -0.4 is 10.9 Å². The van der Waals surface area contributed by atoms with Crippen LogP contribution in [0.1, 0.15) is 38.3 Å². The van der Waals surface area contributed by atoms with Crippen molar-refractivity contribution < 1.29 is 22.7 Å². The number of carbonyl (C=O) groups is 1. The Bertz CT molecular complexity index is 1140. The number of carbonyl (C=O) groups excluding carboxylic acids is 1. The number of nitrogens with zero attached hydrogens (tertiary/aromatic N) is 2. The van der Waals surface area contributed by atoms with E-state index in [1.54, 1.807) is 20.8 Å². The van der Waals surface area contributed by atoms with E-state index in [9.17, 15) is 18.4 Å². The minimum Gasteiger partial charge on any atom is -0.444 e. The van der Waals surface area contributed by atoms with E-state index in [1.807, 2.05) is 0 Å². The van der Waals surface area contributed by atoms with Crippen molar-refractivity contribution in [3.8, 4) is 0 Å². The molecule has 158 valence electrons. The predicted octanol–water partition coefficient (Wildman–Crippen LogP) is 4.32. The fraction of sp³-hybridized carbons (Fsp3) is 0.300. The highest BCUT2D eigenvalue weighted by Crippen LogP contribution is 2.21. The van der Waals surface area contributed by atoms with Crippen molar-refractivity contribution in [3.05, 3.63) is 69.0 Å². The minimum absolute atomic E-state index is 0.00941. The van der Waals surface area contributed by atoms with Crippen LogP contribution in [0.2, 0.25) is 5.15 Å². The molecule has 0 unspecified atom stereocenters. The van der Waals surface area contributed by atoms with E-state index in [4.69, 9.17) is 20.8 Å². The fourth-order valence-electron chi connectivity index (χ4n) is 2.71. The summed E-state index contributed by atoms with van der Waals surface area (Å²) in [6.07, 6.45) is -0.955. The second-order valence-corrected chi connectivity index (χ2v) is 7.91. The van der Waals surface area contributed by atoms with E-state index in [0.29, 0.717) is 0 Å². The number of hydrogen-bond donors (Lipinski definition) is 1. The summed E-state index contributed by atoms with van der Waals surface area (Å²) in [6, 6.07) is 4.67. The van der Waals surface area contributed by atoms with Crippen LogP contribution >= 0.6 is 11.6 Å². The Balaban J connectivity index is 2.02. The SMILES string of the molecule is CC(C)(C)OC(=O)N[C@H](Cc1cc(F)cc(F)c1)c1nc2nc(Cl)ccc2c(=O)o1. The van der Waals surface area contributed by atoms with Gasteiger partial charge in [-0.3, -0.25) is 0 Å². The molecule has 0 fully saturated rings. The van der Waals surface area contributed by atoms with Gasteiger partial charge < -0.3 is 14.5 Å². The van der Waals surface area contributed by atoms with Crippen LogP contribution in [0.4, 0.5) is 13.6 Å². The zero-order valence-corrected chi connectivity index (χ0v) is 17.1. The van der Waals surface area contributed by atoms with Crippen molar-refractivity contribution in [3.63, 3.8) is 0 Å². The van der Waals surface area contributed by atoms with E-state index in [1.165, 1.54) is 12.1 Å². The van der Waals surface area contributed by atoms with E-state index in [-0.39, 0.29) is 34.1 Å². The van der Waals surface area contributed by atoms with Crippen molar-refractivity contribution in [1.29, 1.82) is 0 Å². The molecule has 0 bridgehead atoms. The number of aromatic nitrogens is 2. The number of alkyl carbamates (subject to hydrolysis) is 1. The van der Waals surface area contributed by atoms with Crippen molar-refractivity contribution >= 4 is 28.7 Å². The summed E-state index contributed by atoms with van der Waals surface area (Å²) in [6.45, 7) is 5.01. The summed E-state index contributed by atoms with van der Waals surface area (Å²) in [7, 11) is 0. The molecule has 0 saturated heterocycles. The van der Waals surface area contributed by atoms with Crippen LogP contribution in [0.25, 0.3) is 11.0 Å². The third kappa shape index (κ3) is 5.50. The van der Waals surface area contributed by atoms with Crippen molar-refractivity contribution in [2.24, 2.45) is 0 Å². The molecule has 1 amide bonds. The normalized spacial score (nSPS) is 12.6. The van der Waals surface area contributed by atoms with Gasteiger partial charge in [-0.15, -0.1) is 0 Å². The average Bonchev–Trinajstić information content (AvgIpc) is 2.58. The van der Waals surface area contributed by atoms with Gasteiger partial charge in [0.25, 0.3) is 0 Å². The van der Waals surface area contributed by atoms with Gasteiger partial charge in [0.1, 0.15) is 33.8 Å². The number of hydrogen-bond acceptors (Lipinski definition) is 6. The Morgan fingerprint density at radius 2 is 1.87 bits per heavy atom. The highest BCUT2D eigenvalue weighted by Gasteiger charge is 2.25. The summed E-state index contributed by atoms with van der Waals surface area (Å²) >= 11 is 5.87. The lowest BCUT2D eigenvalue weighted by molar-refractivity contribution is 0.0494. The molecule has 2 aromatic heterocycles. The zero-order chi connectivity index (χ0) is 22.1. The smallest absolute Gasteiger partial charge is 0.408 e. The number of benzene rings is 1. The second-order valence-electron chi connectivity index (χ2n) is 7.53. The summed E-state index contributed by atoms with van der Waals surface area (Å²) in [5.74, 6) is -1.79. The quantitative estimate of drug-likeness (QED) is 0.611. The van der Waals surface area contributed by atoms with Crippen molar-refractivity contribution in [2.45, 2.75) is 38.8 Å². The maximum atomic E-state index is 13.6. The molecule has 1 N–H and O–H groups in total. The first-order valence-corrected chi connectivity index (χ1v) is 9.30. The Hall–Kier alpha value is -3.07. The molecular weight excluding hydrogens is 420 g/mol. The Kier molecular flexibility index (Phi) is 6.02. The van der Waals surface area contributed by atoms with Gasteiger partial charge in [0.05, 0.1) is 0 Å². The first-order chi connectivity index (χ1) is 14.0. The van der Waals surface area contributed by atoms with E-state index >= 15 is 0 Å². The molecule has 30 heavy (non-hydrogen) atoms. The molecule has 7 nitrogen and oxygen atoms in total. The van der Waals surface area contributed by atoms with Crippen molar-refractivity contribution in [1.82, 2.24) is 15.3 Å². The summed E-state index contributed by atoms with van der Waals surface area (Å²) in [5.41, 5.74) is -1.33. The molecule has 3 aromatic rings. The largest absolute Gasteiger partial charge is 0.444 e. The van der Waals surface area contributed by atoms with Crippen LogP contribution in [0.5, 0.6) is 0 Å². The van der Waals surface area contributed by atoms with Crippen LogP contribution in [0, 0.1) is 11.6 Å². The van der Waals surface area contributed by atoms with Gasteiger partial charge in [0.15, 0.2) is 5.65 Å². The lowest BCUT2D eigenvalue weighted by Gasteiger charge is -2.23. The Labute approximate surface area is 175 Å². The predicted molar refractivity (Wildman–Crippen MR) is 105 cm³/mol. The zero-order valence-electron chi connectivity index (χ0n) is 16.3. The molecule has 3 rings (SSSR count). The van der Waals surface area contributed by atoms with Crippen LogP contribution in [0.15, 0.2) is 39.5 Å². The van der Waals surface area contributed by atoms with E-state index < -0.39 is 35.0 Å². The number of pyridine rings is 1. The number of halogens is 3. The first-order valence-electron chi connectivity index (χ1n) is 8.92. The maximum absolute atomic E-state index is 13.6. The topological polar surface area (TPSA) is 94.3 Å². The molecule has 0 aliphatic carbocycles. The van der Waals surface area contributed by atoms with E-state index in [0.717, 1.165) is 18.2 Å². The van der Waals surface area contributed by atoms with Gasteiger partial charge in [0.2, 0.25) is 5.89 Å². The molecule has 2 heterocycles. The van der Waals surface area contributed by atoms with Crippen LogP contribution in [-0.4, -0.2) is 21.7 Å². The monoisotopic (exact) mass is 437 g/mol. The van der Waals surface area contributed by atoms with Crippen LogP contribution in [0.3, 0.4) is 0 Å². The molecule has 1 aromatic carbocycles. The fourth-order valence-corrected chi connectivity index (χ4v) is 2.85. The molecule has 0 aliphatic heterocycles. The van der Waals surface area contributed by atoms with Crippen LogP contribution in [-0.2, 0) is 11.2 Å². The molecule has 0 saturated carbocycles. The molecule has 0 radical (unpaired) electrons. The molecule has 1 atom stereocenters. The summed E-state index contributed by atoms with van der Waals surface area (Å²) < 4.78 is 37.7. The van der Waals surface area contributed by atoms with Crippen molar-refractivity contribution in [2.75, 3.05) is 0 Å². The maximum Gasteiger partial charge on any atom is 0.408 e. The first kappa shape index (κ1) is 21.6. The lowest BCUT2D eigenvalue weighted by Crippen LogP contribution is -2.36. The van der Waals surface area contributed by atoms with Gasteiger partial charge in [-0.05, 0) is 50.6 Å². The number of rotatable bonds is 4. The van der Waals surface area contributed by atoms with Gasteiger partial charge in [-0.2, -0.15) is 4.98 Å². The number of fused-ring (bicyclic) bond motifs is 1. The number of ether oxygens (including phenoxy) is 1. The minimum atomic E-state index is -1.07. The standard InChI is InChI=1S/C20H18ClF2N3O4/c1-20(2,3)30-19(28)24-14(8-10-6-11(22)9-12(23)7-10)17-26-16-13(18(27)29-17)4-5-15(21)25-16/h4-7,9,14H,8H2,1-3H3,(H,24,28)/t14-/m1/s1.